The van der Waals surface area contributed by atoms with E-state index in [4.69, 9.17) is 9.47 Å². The predicted molar refractivity (Wildman–Crippen MR) is 177 cm³/mol. The van der Waals surface area contributed by atoms with Crippen LogP contribution in [0.15, 0.2) is 47.4 Å². The van der Waals surface area contributed by atoms with E-state index in [0.717, 1.165) is 44.6 Å². The van der Waals surface area contributed by atoms with Gasteiger partial charge < -0.3 is 14.0 Å². The van der Waals surface area contributed by atoms with Crippen LogP contribution in [0.1, 0.15) is 163 Å². The summed E-state index contributed by atoms with van der Waals surface area (Å²) >= 11 is 0. The first-order valence-corrected chi connectivity index (χ1v) is 18.5. The first-order chi connectivity index (χ1) is 21.3. The smallest absolute Gasteiger partial charge is 0.744 e. The van der Waals surface area contributed by atoms with Crippen molar-refractivity contribution in [3.8, 4) is 0 Å². The molecule has 0 atom stereocenters. The number of esters is 2. The Morgan fingerprint density at radius 2 is 1.02 bits per heavy atom. The minimum Gasteiger partial charge on any atom is -0.744 e. The van der Waals surface area contributed by atoms with Crippen molar-refractivity contribution in [3.05, 3.63) is 53.6 Å². The van der Waals surface area contributed by atoms with E-state index >= 15 is 0 Å². The summed E-state index contributed by atoms with van der Waals surface area (Å²) in [6.45, 7) is 4.61. The fourth-order valence-electron chi connectivity index (χ4n) is 4.88. The Balaban J connectivity index is 0.0000194. The van der Waals surface area contributed by atoms with E-state index in [9.17, 15) is 22.6 Å². The molecule has 0 saturated carbocycles. The molecule has 0 bridgehead atoms. The Kier molecular flexibility index (Phi) is 28.8. The molecular formula is C36H57KO7S. The number of rotatable bonds is 27. The molecule has 0 amide bonds. The Morgan fingerprint density at radius 3 is 1.47 bits per heavy atom. The number of ether oxygens (including phenoxy) is 2. The molecule has 9 heteroatoms. The molecule has 0 unspecified atom stereocenters. The number of hydrogen-bond acceptors (Lipinski definition) is 7. The molecule has 0 spiro atoms. The van der Waals surface area contributed by atoms with Gasteiger partial charge in [-0.2, -0.15) is 0 Å². The minimum absolute atomic E-state index is 0. The van der Waals surface area contributed by atoms with Crippen LogP contribution in [0.2, 0.25) is 0 Å². The quantitative estimate of drug-likeness (QED) is 0.0330. The van der Waals surface area contributed by atoms with Crippen molar-refractivity contribution in [2.75, 3.05) is 13.2 Å². The number of benzene rings is 1. The molecule has 0 aromatic heterocycles. The molecule has 0 radical (unpaired) electrons. The predicted octanol–water partition coefficient (Wildman–Crippen LogP) is 6.86. The molecule has 0 aliphatic rings. The third-order valence-electron chi connectivity index (χ3n) is 7.50. The third-order valence-corrected chi connectivity index (χ3v) is 8.38. The van der Waals surface area contributed by atoms with Crippen LogP contribution in [0.25, 0.3) is 0 Å². The van der Waals surface area contributed by atoms with Crippen LogP contribution in [0.5, 0.6) is 0 Å². The zero-order valence-electron chi connectivity index (χ0n) is 28.4. The molecule has 0 aliphatic carbocycles. The van der Waals surface area contributed by atoms with Gasteiger partial charge >= 0.3 is 63.3 Å². The normalized spacial score (nSPS) is 11.6. The number of unbranched alkanes of at least 4 members (excludes halogenated alkanes) is 16. The fourth-order valence-corrected chi connectivity index (χ4v) is 5.57. The van der Waals surface area contributed by atoms with Crippen LogP contribution in [0.3, 0.4) is 0 Å². The Labute approximate surface area is 316 Å². The SMILES string of the molecule is CCCCCCCC/C=C/CCCCOC(=O)c1cccc(S(=O)(=O)[O-])c1C(=O)OCCCC/C=C/CCCCCCCC.[K+]. The van der Waals surface area contributed by atoms with Crippen LogP contribution in [0, 0.1) is 0 Å². The van der Waals surface area contributed by atoms with E-state index < -0.39 is 32.5 Å². The van der Waals surface area contributed by atoms with Crippen molar-refractivity contribution >= 4 is 22.1 Å². The molecule has 0 saturated heterocycles. The van der Waals surface area contributed by atoms with Gasteiger partial charge in [-0.1, -0.05) is 108 Å². The summed E-state index contributed by atoms with van der Waals surface area (Å²) in [6, 6.07) is 3.55. The van der Waals surface area contributed by atoms with Crippen LogP contribution >= 0.6 is 0 Å². The van der Waals surface area contributed by atoms with Crippen LogP contribution in [0.4, 0.5) is 0 Å². The second-order valence-electron chi connectivity index (χ2n) is 11.5. The maximum absolute atomic E-state index is 12.9. The molecule has 7 nitrogen and oxygen atoms in total. The van der Waals surface area contributed by atoms with Crippen molar-refractivity contribution < 1.29 is 83.4 Å². The number of hydrogen-bond donors (Lipinski definition) is 0. The standard InChI is InChI=1S/C36H58O7S.K/c1-3-5-7-9-11-13-15-17-19-21-23-25-30-42-35(37)32-28-27-29-33(44(39,40)41)34(32)36(38)43-31-26-24-22-20-18-16-14-12-10-8-6-4-2;/h17-20,27-29H,3-16,21-26,30-31H2,1-2H3,(H,39,40,41);/q;+1/p-1/b19-17+,20-18+;. The first kappa shape index (κ1) is 44.2. The van der Waals surface area contributed by atoms with Crippen LogP contribution in [-0.2, 0) is 19.6 Å². The van der Waals surface area contributed by atoms with Gasteiger partial charge in [-0.05, 0) is 76.3 Å². The average Bonchev–Trinajstić information content (AvgIpc) is 3.00. The molecule has 250 valence electrons. The van der Waals surface area contributed by atoms with Gasteiger partial charge in [-0.15, -0.1) is 0 Å². The largest absolute Gasteiger partial charge is 1.00 e. The second kappa shape index (κ2) is 29.3. The van der Waals surface area contributed by atoms with Crippen LogP contribution < -0.4 is 51.4 Å². The first-order valence-electron chi connectivity index (χ1n) is 17.1. The van der Waals surface area contributed by atoms with Crippen molar-refractivity contribution in [1.29, 1.82) is 0 Å². The van der Waals surface area contributed by atoms with Crippen LogP contribution in [-0.4, -0.2) is 38.1 Å². The van der Waals surface area contributed by atoms with Gasteiger partial charge in [0.2, 0.25) is 0 Å². The van der Waals surface area contributed by atoms with E-state index in [1.165, 1.54) is 89.2 Å². The molecule has 1 aromatic rings. The Morgan fingerprint density at radius 1 is 0.622 bits per heavy atom. The summed E-state index contributed by atoms with van der Waals surface area (Å²) < 4.78 is 46.2. The summed E-state index contributed by atoms with van der Waals surface area (Å²) in [5, 5.41) is 0. The molecule has 0 N–H and O–H groups in total. The topological polar surface area (TPSA) is 110 Å². The zero-order valence-corrected chi connectivity index (χ0v) is 32.3. The molecule has 1 aromatic carbocycles. The van der Waals surface area contributed by atoms with Gasteiger partial charge in [0.15, 0.2) is 0 Å². The molecule has 1 rings (SSSR count). The molecule has 45 heavy (non-hydrogen) atoms. The average molecular weight is 673 g/mol. The summed E-state index contributed by atoms with van der Waals surface area (Å²) in [4.78, 5) is 24.9. The number of allylic oxidation sites excluding steroid dienone is 4. The maximum atomic E-state index is 12.9. The van der Waals surface area contributed by atoms with Crippen molar-refractivity contribution in [2.45, 2.75) is 147 Å². The molecular weight excluding hydrogens is 616 g/mol. The van der Waals surface area contributed by atoms with E-state index in [2.05, 4.69) is 38.2 Å². The Hall–Kier alpha value is -0.814. The van der Waals surface area contributed by atoms with Gasteiger partial charge in [0.05, 0.1) is 29.2 Å². The number of carbonyl (C=O) groups is 2. The molecule has 0 heterocycles. The van der Waals surface area contributed by atoms with Crippen molar-refractivity contribution in [3.63, 3.8) is 0 Å². The third kappa shape index (κ3) is 22.4. The summed E-state index contributed by atoms with van der Waals surface area (Å²) in [5.74, 6) is -1.86. The Bertz CT molecular complexity index is 1080. The van der Waals surface area contributed by atoms with Crippen molar-refractivity contribution in [1.82, 2.24) is 0 Å². The van der Waals surface area contributed by atoms with E-state index in [0.29, 0.717) is 12.8 Å². The number of carbonyl (C=O) groups excluding carboxylic acids is 2. The second-order valence-corrected chi connectivity index (χ2v) is 12.8. The zero-order chi connectivity index (χ0) is 32.3. The van der Waals surface area contributed by atoms with E-state index in [1.54, 1.807) is 0 Å². The molecule has 0 fully saturated rings. The maximum Gasteiger partial charge on any atom is 1.00 e. The van der Waals surface area contributed by atoms with Gasteiger partial charge in [0.1, 0.15) is 10.1 Å². The van der Waals surface area contributed by atoms with Gasteiger partial charge in [-0.25, -0.2) is 18.0 Å². The van der Waals surface area contributed by atoms with Gasteiger partial charge in [0, 0.05) is 0 Å². The monoisotopic (exact) mass is 672 g/mol. The van der Waals surface area contributed by atoms with Crippen molar-refractivity contribution in [2.24, 2.45) is 0 Å². The minimum atomic E-state index is -5.02. The summed E-state index contributed by atoms with van der Waals surface area (Å²) in [5.41, 5.74) is -0.827. The summed E-state index contributed by atoms with van der Waals surface area (Å²) in [6.07, 6.45) is 30.7. The summed E-state index contributed by atoms with van der Waals surface area (Å²) in [7, 11) is -5.02. The van der Waals surface area contributed by atoms with E-state index in [-0.39, 0.29) is 70.2 Å². The fraction of sp³-hybridized carbons (Fsp3) is 0.667. The van der Waals surface area contributed by atoms with E-state index in [1.807, 2.05) is 0 Å². The molecule has 0 aliphatic heterocycles. The van der Waals surface area contributed by atoms with Gasteiger partial charge in [-0.3, -0.25) is 0 Å². The van der Waals surface area contributed by atoms with Gasteiger partial charge in [0.25, 0.3) is 0 Å².